The number of hydrogen-bond donors (Lipinski definition) is 0. The van der Waals surface area contributed by atoms with Gasteiger partial charge in [0.05, 0.1) is 26.6 Å². The van der Waals surface area contributed by atoms with Crippen molar-refractivity contribution in [3.05, 3.63) is 66.1 Å². The summed E-state index contributed by atoms with van der Waals surface area (Å²) in [6.45, 7) is 3.60. The van der Waals surface area contributed by atoms with Crippen molar-refractivity contribution in [2.45, 2.75) is 20.5 Å². The van der Waals surface area contributed by atoms with E-state index in [0.29, 0.717) is 32.8 Å². The van der Waals surface area contributed by atoms with Crippen LogP contribution in [-0.2, 0) is 20.9 Å². The van der Waals surface area contributed by atoms with Crippen molar-refractivity contribution in [1.82, 2.24) is 4.90 Å². The van der Waals surface area contributed by atoms with Crippen molar-refractivity contribution >= 4 is 63.2 Å². The summed E-state index contributed by atoms with van der Waals surface area (Å²) < 4.78 is 17.1. The number of esters is 1. The zero-order chi connectivity index (χ0) is 25.5. The first-order chi connectivity index (χ1) is 16.7. The van der Waals surface area contributed by atoms with Gasteiger partial charge in [0.2, 0.25) is 0 Å². The first kappa shape index (κ1) is 26.5. The lowest BCUT2D eigenvalue weighted by atomic mass is 10.1. The fourth-order valence-corrected chi connectivity index (χ4v) is 4.73. The second kappa shape index (κ2) is 12.0. The number of non-ortho nitro benzene ring substituents is 1. The van der Waals surface area contributed by atoms with Crippen LogP contribution < -0.4 is 9.47 Å². The van der Waals surface area contributed by atoms with Gasteiger partial charge < -0.3 is 14.2 Å². The van der Waals surface area contributed by atoms with Crippen LogP contribution in [0, 0.1) is 13.7 Å². The van der Waals surface area contributed by atoms with Crippen LogP contribution in [0.2, 0.25) is 0 Å². The molecule has 1 aliphatic rings. The molecule has 0 radical (unpaired) electrons. The number of halogens is 1. The van der Waals surface area contributed by atoms with Gasteiger partial charge in [0, 0.05) is 12.1 Å². The van der Waals surface area contributed by atoms with Crippen molar-refractivity contribution in [3.8, 4) is 11.5 Å². The number of rotatable bonds is 10. The fourth-order valence-electron chi connectivity index (χ4n) is 3.11. The van der Waals surface area contributed by atoms with E-state index in [1.54, 1.807) is 37.3 Å². The normalized spacial score (nSPS) is 14.4. The predicted molar refractivity (Wildman–Crippen MR) is 137 cm³/mol. The van der Waals surface area contributed by atoms with Crippen LogP contribution in [0.3, 0.4) is 0 Å². The zero-order valence-corrected chi connectivity index (χ0v) is 21.8. The Morgan fingerprint density at radius 3 is 2.63 bits per heavy atom. The quantitative estimate of drug-likeness (QED) is 0.123. The Balaban J connectivity index is 1.82. The molecule has 0 saturated carbocycles. The van der Waals surface area contributed by atoms with E-state index in [9.17, 15) is 24.5 Å². The van der Waals surface area contributed by atoms with E-state index in [2.05, 4.69) is 22.6 Å². The van der Waals surface area contributed by atoms with Gasteiger partial charge >= 0.3 is 5.97 Å². The maximum Gasteiger partial charge on any atom is 0.326 e. The SMILES string of the molecule is CCOC(=O)CN1C(=O)S/C(=C/c2cc(I)c(OCc3cccc([N+](=O)[O-])c3)c(OCC)c2)C1=O. The zero-order valence-electron chi connectivity index (χ0n) is 18.8. The summed E-state index contributed by atoms with van der Waals surface area (Å²) in [6, 6.07) is 9.58. The highest BCUT2D eigenvalue weighted by atomic mass is 127. The number of hydrogen-bond acceptors (Lipinski definition) is 9. The van der Waals surface area contributed by atoms with Gasteiger partial charge in [-0.15, -0.1) is 0 Å². The van der Waals surface area contributed by atoms with Crippen LogP contribution in [-0.4, -0.2) is 46.7 Å². The number of amides is 2. The van der Waals surface area contributed by atoms with Crippen LogP contribution in [0.4, 0.5) is 10.5 Å². The largest absolute Gasteiger partial charge is 0.490 e. The lowest BCUT2D eigenvalue weighted by Crippen LogP contribution is -2.34. The second-order valence-electron chi connectivity index (χ2n) is 7.05. The third-order valence-corrected chi connectivity index (χ3v) is 6.31. The Labute approximate surface area is 218 Å². The van der Waals surface area contributed by atoms with Crippen LogP contribution in [0.25, 0.3) is 6.08 Å². The minimum atomic E-state index is -0.658. The van der Waals surface area contributed by atoms with E-state index in [0.717, 1.165) is 16.7 Å². The average Bonchev–Trinajstić information content (AvgIpc) is 3.06. The summed E-state index contributed by atoms with van der Waals surface area (Å²) in [5.41, 5.74) is 1.19. The summed E-state index contributed by atoms with van der Waals surface area (Å²) >= 11 is 2.80. The number of carbonyl (C=O) groups excluding carboxylic acids is 3. The highest BCUT2D eigenvalue weighted by Gasteiger charge is 2.36. The lowest BCUT2D eigenvalue weighted by Gasteiger charge is -2.15. The standard InChI is InChI=1S/C23H21IN2O8S/c1-3-32-18-10-15(11-19-22(28)25(23(29)35-19)12-20(27)33-4-2)9-17(24)21(18)34-13-14-6-5-7-16(8-14)26(30)31/h5-11H,3-4,12-13H2,1-2H3/b19-11+. The van der Waals surface area contributed by atoms with Gasteiger partial charge in [0.1, 0.15) is 13.2 Å². The molecule has 1 saturated heterocycles. The molecule has 10 nitrogen and oxygen atoms in total. The topological polar surface area (TPSA) is 125 Å². The molecule has 0 aromatic heterocycles. The first-order valence-electron chi connectivity index (χ1n) is 10.5. The Morgan fingerprint density at radius 2 is 1.94 bits per heavy atom. The lowest BCUT2D eigenvalue weighted by molar-refractivity contribution is -0.384. The summed E-state index contributed by atoms with van der Waals surface area (Å²) in [5, 5.41) is 10.5. The Morgan fingerprint density at radius 1 is 1.17 bits per heavy atom. The van der Waals surface area contributed by atoms with Crippen molar-refractivity contribution in [1.29, 1.82) is 0 Å². The number of nitro benzene ring substituents is 1. The molecule has 0 aliphatic carbocycles. The van der Waals surface area contributed by atoms with E-state index < -0.39 is 28.6 Å². The van der Waals surface area contributed by atoms with Gasteiger partial charge in [-0.3, -0.25) is 29.4 Å². The minimum absolute atomic E-state index is 0.0296. The number of ether oxygens (including phenoxy) is 3. The number of thioether (sulfide) groups is 1. The number of imide groups is 1. The van der Waals surface area contributed by atoms with E-state index in [4.69, 9.17) is 14.2 Å². The number of carbonyl (C=O) groups is 3. The molecule has 0 bridgehead atoms. The third kappa shape index (κ3) is 6.72. The van der Waals surface area contributed by atoms with Crippen LogP contribution in [0.1, 0.15) is 25.0 Å². The summed E-state index contributed by atoms with van der Waals surface area (Å²) in [6.07, 6.45) is 1.55. The summed E-state index contributed by atoms with van der Waals surface area (Å²) in [4.78, 5) is 48.2. The first-order valence-corrected chi connectivity index (χ1v) is 12.4. The van der Waals surface area contributed by atoms with Crippen molar-refractivity contribution in [2.24, 2.45) is 0 Å². The van der Waals surface area contributed by atoms with E-state index in [-0.39, 0.29) is 23.8 Å². The van der Waals surface area contributed by atoms with E-state index >= 15 is 0 Å². The van der Waals surface area contributed by atoms with Crippen molar-refractivity contribution < 1.29 is 33.5 Å². The molecule has 35 heavy (non-hydrogen) atoms. The molecule has 3 rings (SSSR count). The number of nitro groups is 1. The molecule has 0 unspecified atom stereocenters. The Kier molecular flexibility index (Phi) is 9.09. The molecule has 12 heteroatoms. The van der Waals surface area contributed by atoms with Gasteiger partial charge in [-0.2, -0.15) is 0 Å². The highest BCUT2D eigenvalue weighted by Crippen LogP contribution is 2.38. The Hall–Kier alpha value is -3.13. The number of benzene rings is 2. The molecule has 0 spiro atoms. The van der Waals surface area contributed by atoms with Crippen LogP contribution >= 0.6 is 34.4 Å². The molecule has 2 aromatic rings. The predicted octanol–water partition coefficient (Wildman–Crippen LogP) is 4.78. The monoisotopic (exact) mass is 612 g/mol. The highest BCUT2D eigenvalue weighted by molar-refractivity contribution is 14.1. The molecule has 2 aromatic carbocycles. The molecular weight excluding hydrogens is 591 g/mol. The third-order valence-electron chi connectivity index (χ3n) is 4.60. The van der Waals surface area contributed by atoms with Gasteiger partial charge in [-0.25, -0.2) is 0 Å². The fraction of sp³-hybridized carbons (Fsp3) is 0.261. The molecule has 0 atom stereocenters. The number of nitrogens with zero attached hydrogens (tertiary/aromatic N) is 2. The maximum atomic E-state index is 12.7. The smallest absolute Gasteiger partial charge is 0.326 e. The van der Waals surface area contributed by atoms with Crippen LogP contribution in [0.5, 0.6) is 11.5 Å². The Bertz CT molecular complexity index is 1200. The molecule has 1 heterocycles. The molecule has 0 N–H and O–H groups in total. The molecule has 2 amide bonds. The van der Waals surface area contributed by atoms with E-state index in [1.807, 2.05) is 6.92 Å². The second-order valence-corrected chi connectivity index (χ2v) is 9.21. The summed E-state index contributed by atoms with van der Waals surface area (Å²) in [7, 11) is 0. The van der Waals surface area contributed by atoms with E-state index in [1.165, 1.54) is 12.1 Å². The minimum Gasteiger partial charge on any atom is -0.490 e. The van der Waals surface area contributed by atoms with Gasteiger partial charge in [0.25, 0.3) is 16.8 Å². The van der Waals surface area contributed by atoms with Gasteiger partial charge in [0.15, 0.2) is 11.5 Å². The molecule has 1 fully saturated rings. The average molecular weight is 612 g/mol. The van der Waals surface area contributed by atoms with Crippen molar-refractivity contribution in [3.63, 3.8) is 0 Å². The maximum absolute atomic E-state index is 12.7. The van der Waals surface area contributed by atoms with Crippen LogP contribution in [0.15, 0.2) is 41.3 Å². The molecule has 1 aliphatic heterocycles. The van der Waals surface area contributed by atoms with Gasteiger partial charge in [-0.1, -0.05) is 12.1 Å². The van der Waals surface area contributed by atoms with Crippen molar-refractivity contribution in [2.75, 3.05) is 19.8 Å². The molecule has 184 valence electrons. The van der Waals surface area contributed by atoms with Gasteiger partial charge in [-0.05, 0) is 77.5 Å². The summed E-state index contributed by atoms with van der Waals surface area (Å²) in [5.74, 6) is -0.366. The molecular formula is C23H21IN2O8S.